The number of likely N-dealkylation sites (N-methyl/N-ethyl adjacent to an activating group) is 2. The largest absolute Gasteiger partial charge is 0.481 e. The average Bonchev–Trinajstić information content (AvgIpc) is 1.60. The highest BCUT2D eigenvalue weighted by molar-refractivity contribution is 5.96. The number of amides is 9. The highest BCUT2D eigenvalue weighted by Gasteiger charge is 2.44. The third-order valence-electron chi connectivity index (χ3n) is 20.0. The number of primary amides is 1. The van der Waals surface area contributed by atoms with Gasteiger partial charge in [0.25, 0.3) is 0 Å². The van der Waals surface area contributed by atoms with E-state index < -0.39 is 150 Å². The molecule has 1 fully saturated rings. The molecule has 0 saturated carbocycles. The molecule has 0 spiro atoms. The number of aliphatic carboxylic acids is 1. The molecule has 0 bridgehead atoms. The number of nitrogens with zero attached hydrogens (tertiary/aromatic N) is 6. The average molecular weight is 1470 g/mol. The topological polar surface area (TPSA) is 383 Å². The number of carboxylic acid groups (broad SMARTS) is 1. The third kappa shape index (κ3) is 24.4. The number of likely N-dealkylation sites (tertiary alicyclic amines) is 1. The zero-order valence-electron chi connectivity index (χ0n) is 63.5. The summed E-state index contributed by atoms with van der Waals surface area (Å²) in [7, 11) is 6.07. The van der Waals surface area contributed by atoms with E-state index in [0.29, 0.717) is 48.2 Å². The standard InChI is InChI=1S/C78H110N12O16/c1-14-48(6)70(64(104-12)42-66(94)90-38-22-30-61(90)72(105-13)50(8)73(98)81-51(9)71(97)55-24-16-15-17-25-55)87(10)76(101)68(46(2)3)84-75(100)69(47(4)5)88(11)78(103)106-45-53-33-31-52(32-34-53)39-62(91)59(29-21-37-80-77(79)102)83-74(99)57(40-56-27-20-26-54-23-18-19-28-58(54)56)41-63(92)60(35-36-67(95)96)82-65(93)44-89-43-49(7)85-86-89/h15-20,23-28,31-34,43,46-48,50-51,57,59-61,64,68-72,97H,14,21-22,29-30,35-42,44-45H2,1-13H3,(H,81,98)(H,82,93)(H,83,99)(H,84,100)(H,95,96)(H3,79,80,102)/t48-,50+,51+,57+,59-,60-,61-,64+,68-,69-,70-,71+,72+/m0/s1. The monoisotopic (exact) mass is 1470 g/mol. The molecule has 1 saturated heterocycles. The van der Waals surface area contributed by atoms with Crippen molar-refractivity contribution in [3.8, 4) is 0 Å². The molecule has 1 aromatic heterocycles. The number of carbonyl (C=O) groups is 11. The van der Waals surface area contributed by atoms with Gasteiger partial charge < -0.3 is 66.5 Å². The van der Waals surface area contributed by atoms with Crippen LogP contribution in [0.2, 0.25) is 0 Å². The first-order valence-corrected chi connectivity index (χ1v) is 36.5. The van der Waals surface area contributed by atoms with E-state index in [2.05, 4.69) is 36.9 Å². The number of methoxy groups -OCH3 is 2. The van der Waals surface area contributed by atoms with Crippen LogP contribution in [-0.4, -0.2) is 201 Å². The molecule has 28 heteroatoms. The van der Waals surface area contributed by atoms with Gasteiger partial charge in [0, 0.05) is 72.8 Å². The van der Waals surface area contributed by atoms with Crippen LogP contribution in [0.15, 0.2) is 103 Å². The molecule has 2 heterocycles. The highest BCUT2D eigenvalue weighted by atomic mass is 16.6. The van der Waals surface area contributed by atoms with Gasteiger partial charge in [-0.25, -0.2) is 14.3 Å². The maximum atomic E-state index is 14.9. The predicted octanol–water partition coefficient (Wildman–Crippen LogP) is 6.54. The lowest BCUT2D eigenvalue weighted by atomic mass is 9.88. The first-order chi connectivity index (χ1) is 50.4. The Bertz CT molecular complexity index is 3770. The van der Waals surface area contributed by atoms with E-state index in [4.69, 9.17) is 19.9 Å². The zero-order valence-corrected chi connectivity index (χ0v) is 63.5. The molecule has 0 radical (unpaired) electrons. The summed E-state index contributed by atoms with van der Waals surface area (Å²) in [5, 5.41) is 44.0. The molecule has 106 heavy (non-hydrogen) atoms. The Morgan fingerprint density at radius 3 is 2.01 bits per heavy atom. The number of aliphatic hydroxyl groups is 1. The van der Waals surface area contributed by atoms with E-state index in [1.807, 2.05) is 74.5 Å². The Hall–Kier alpha value is -9.67. The Morgan fingerprint density at radius 2 is 1.39 bits per heavy atom. The summed E-state index contributed by atoms with van der Waals surface area (Å²) in [6, 6.07) is 21.6. The van der Waals surface area contributed by atoms with Gasteiger partial charge >= 0.3 is 18.1 Å². The Labute approximate surface area is 621 Å². The van der Waals surface area contributed by atoms with Crippen molar-refractivity contribution in [2.24, 2.45) is 35.3 Å². The normalized spacial score (nSPS) is 16.3. The van der Waals surface area contributed by atoms with Crippen LogP contribution in [0.3, 0.4) is 0 Å². The molecule has 9 amide bonds. The molecule has 4 aromatic carbocycles. The fourth-order valence-corrected chi connectivity index (χ4v) is 14.0. The van der Waals surface area contributed by atoms with Crippen molar-refractivity contribution in [1.82, 2.24) is 56.3 Å². The van der Waals surface area contributed by atoms with Crippen LogP contribution in [0.1, 0.15) is 147 Å². The van der Waals surface area contributed by atoms with Crippen molar-refractivity contribution in [3.05, 3.63) is 131 Å². The van der Waals surface area contributed by atoms with Crippen molar-refractivity contribution in [1.29, 1.82) is 0 Å². The number of rotatable bonds is 42. The van der Waals surface area contributed by atoms with Crippen LogP contribution in [0.5, 0.6) is 0 Å². The molecular formula is C78H110N12O16. The van der Waals surface area contributed by atoms with Crippen LogP contribution in [0.4, 0.5) is 9.59 Å². The molecule has 0 unspecified atom stereocenters. The molecule has 5 aromatic rings. The summed E-state index contributed by atoms with van der Waals surface area (Å²) in [5.74, 6) is -8.07. The van der Waals surface area contributed by atoms with E-state index in [-0.39, 0.29) is 76.0 Å². The summed E-state index contributed by atoms with van der Waals surface area (Å²) in [6.45, 7) is 16.1. The molecule has 28 nitrogen and oxygen atoms in total. The van der Waals surface area contributed by atoms with Crippen molar-refractivity contribution in [3.63, 3.8) is 0 Å². The molecule has 0 aliphatic carbocycles. The summed E-state index contributed by atoms with van der Waals surface area (Å²) >= 11 is 0. The number of urea groups is 1. The zero-order chi connectivity index (χ0) is 78.1. The van der Waals surface area contributed by atoms with Crippen molar-refractivity contribution < 1.29 is 77.2 Å². The number of aryl methyl sites for hydroxylation is 1. The number of hydrogen-bond donors (Lipinski definition) is 8. The molecule has 578 valence electrons. The number of ketones is 2. The second-order valence-corrected chi connectivity index (χ2v) is 28.6. The van der Waals surface area contributed by atoms with E-state index in [1.165, 1.54) is 37.0 Å². The number of aliphatic hydroxyl groups excluding tert-OH is 1. The number of benzene rings is 4. The van der Waals surface area contributed by atoms with Crippen molar-refractivity contribution >= 4 is 75.9 Å². The number of hydrogen-bond acceptors (Lipinski definition) is 17. The first kappa shape index (κ1) is 85.3. The summed E-state index contributed by atoms with van der Waals surface area (Å²) in [6.07, 6.45) is -1.08. The first-order valence-electron chi connectivity index (χ1n) is 36.5. The summed E-state index contributed by atoms with van der Waals surface area (Å²) < 4.78 is 19.1. The number of nitrogens with one attached hydrogen (secondary N) is 5. The number of carboxylic acids is 1. The molecule has 13 atom stereocenters. The van der Waals surface area contributed by atoms with Gasteiger partial charge in [-0.1, -0.05) is 157 Å². The van der Waals surface area contributed by atoms with Crippen LogP contribution >= 0.6 is 0 Å². The second kappa shape index (κ2) is 41.3. The number of nitrogens with two attached hydrogens (primary N) is 1. The second-order valence-electron chi connectivity index (χ2n) is 28.6. The van der Waals surface area contributed by atoms with Crippen LogP contribution < -0.4 is 32.3 Å². The van der Waals surface area contributed by atoms with E-state index in [0.717, 1.165) is 16.3 Å². The molecule has 6 rings (SSSR count). The maximum absolute atomic E-state index is 14.9. The van der Waals surface area contributed by atoms with Crippen molar-refractivity contribution in [2.75, 3.05) is 41.4 Å². The predicted molar refractivity (Wildman–Crippen MR) is 397 cm³/mol. The lowest BCUT2D eigenvalue weighted by Crippen LogP contribution is -2.60. The molecule has 9 N–H and O–H groups in total. The molecular weight excluding hydrogens is 1360 g/mol. The minimum Gasteiger partial charge on any atom is -0.481 e. The van der Waals surface area contributed by atoms with Gasteiger partial charge in [0.05, 0.1) is 66.6 Å². The fourth-order valence-electron chi connectivity index (χ4n) is 14.0. The minimum atomic E-state index is -1.30. The molecule has 1 aliphatic heterocycles. The van der Waals surface area contributed by atoms with E-state index >= 15 is 0 Å². The molecule has 1 aliphatic rings. The number of ether oxygens (including phenoxy) is 3. The van der Waals surface area contributed by atoms with Crippen LogP contribution in [0, 0.1) is 36.5 Å². The lowest BCUT2D eigenvalue weighted by molar-refractivity contribution is -0.148. The lowest BCUT2D eigenvalue weighted by Gasteiger charge is -2.41. The third-order valence-corrected chi connectivity index (χ3v) is 20.0. The van der Waals surface area contributed by atoms with Gasteiger partial charge in [0.2, 0.25) is 35.4 Å². The number of Topliss-reactive ketones (excluding diaryl/α,β-unsaturated/α-hetero) is 2. The number of fused-ring (bicyclic) bond motifs is 1. The maximum Gasteiger partial charge on any atom is 0.410 e. The van der Waals surface area contributed by atoms with Gasteiger partial charge in [0.1, 0.15) is 25.2 Å². The minimum absolute atomic E-state index is 0.0171. The van der Waals surface area contributed by atoms with Crippen LogP contribution in [-0.2, 0) is 83.4 Å². The van der Waals surface area contributed by atoms with Gasteiger partial charge in [0.15, 0.2) is 11.6 Å². The van der Waals surface area contributed by atoms with E-state index in [1.54, 1.807) is 102 Å². The van der Waals surface area contributed by atoms with Crippen LogP contribution in [0.25, 0.3) is 10.8 Å². The quantitative estimate of drug-likeness (QED) is 0.0192. The van der Waals surface area contributed by atoms with Gasteiger partial charge in [-0.05, 0) is 103 Å². The summed E-state index contributed by atoms with van der Waals surface area (Å²) in [4.78, 5) is 156. The Kier molecular flexibility index (Phi) is 33.2. The van der Waals surface area contributed by atoms with Gasteiger partial charge in [-0.2, -0.15) is 0 Å². The van der Waals surface area contributed by atoms with Gasteiger partial charge in [-0.3, -0.25) is 48.1 Å². The number of aromatic nitrogens is 3. The SMILES string of the molecule is CC[C@H](C)[C@@H]([C@@H](CC(=O)N1CCC[C@H]1[C@H](OC)[C@@H](C)C(=O)N[C@H](C)[C@@H](O)c1ccccc1)OC)N(C)C(=O)[C@@H](NC(=O)[C@H](C(C)C)N(C)C(=O)OCc1ccc(CC(=O)[C@H](CCCNC(N)=O)NC(=O)[C@@H](CC(=O)[C@H](CCC(=O)O)NC(=O)Cn2cc(C)nn2)Cc2cccc3ccccc23)cc1)C(C)C. The summed E-state index contributed by atoms with van der Waals surface area (Å²) in [5.41, 5.74) is 8.33. The highest BCUT2D eigenvalue weighted by Crippen LogP contribution is 2.31. The van der Waals surface area contributed by atoms with Crippen molar-refractivity contribution in [2.45, 2.75) is 207 Å². The smallest absolute Gasteiger partial charge is 0.410 e. The number of carbonyl (C=O) groups excluding carboxylic acids is 10. The van der Waals surface area contributed by atoms with Gasteiger partial charge in [-0.15, -0.1) is 5.10 Å². The van der Waals surface area contributed by atoms with E-state index in [9.17, 15) is 63.0 Å². The Balaban J connectivity index is 1.10. The fraction of sp³-hybridized carbons (Fsp3) is 0.551. The Morgan fingerprint density at radius 1 is 0.726 bits per heavy atom.